The van der Waals surface area contributed by atoms with Gasteiger partial charge >= 0.3 is 0 Å². The molecule has 0 spiro atoms. The van der Waals surface area contributed by atoms with E-state index in [9.17, 15) is 0 Å². The summed E-state index contributed by atoms with van der Waals surface area (Å²) in [5.74, 6) is 0. The van der Waals surface area contributed by atoms with Gasteiger partial charge in [0.05, 0.1) is 0 Å². The zero-order valence-corrected chi connectivity index (χ0v) is 9.56. The summed E-state index contributed by atoms with van der Waals surface area (Å²) in [4.78, 5) is 2.60. The van der Waals surface area contributed by atoms with Gasteiger partial charge in [-0.2, -0.15) is 0 Å². The summed E-state index contributed by atoms with van der Waals surface area (Å²) in [5.41, 5.74) is 1.62. The normalized spacial score (nSPS) is 26.0. The second-order valence-electron chi connectivity index (χ2n) is 5.22. The maximum Gasteiger partial charge on any atom is 0.0307 e. The fourth-order valence-electron chi connectivity index (χ4n) is 2.25. The van der Waals surface area contributed by atoms with Crippen LogP contribution in [0, 0.1) is 0 Å². The first-order valence-electron chi connectivity index (χ1n) is 5.35. The number of hydrogen-bond acceptors (Lipinski definition) is 1. The van der Waals surface area contributed by atoms with Crippen LogP contribution in [-0.2, 0) is 0 Å². The lowest BCUT2D eigenvalue weighted by molar-refractivity contribution is 0.0693. The molecule has 1 saturated heterocycles. The first kappa shape index (κ1) is 10.8. The summed E-state index contributed by atoms with van der Waals surface area (Å²) in [6, 6.07) is 0.619. The minimum absolute atomic E-state index is 0.296. The van der Waals surface area contributed by atoms with E-state index in [1.807, 2.05) is 0 Å². The molecular formula is C12H23N. The van der Waals surface area contributed by atoms with Crippen molar-refractivity contribution >= 4 is 0 Å². The molecule has 0 unspecified atom stereocenters. The number of nitrogens with zero attached hydrogens (tertiary/aromatic N) is 1. The molecule has 1 nitrogen and oxygen atoms in total. The number of piperidine rings is 1. The van der Waals surface area contributed by atoms with Gasteiger partial charge in [0, 0.05) is 11.6 Å². The molecule has 1 heterocycles. The van der Waals surface area contributed by atoms with Gasteiger partial charge in [0.15, 0.2) is 0 Å². The lowest BCUT2D eigenvalue weighted by Crippen LogP contribution is -2.50. The predicted molar refractivity (Wildman–Crippen MR) is 58.9 cm³/mol. The Balaban J connectivity index is 2.73. The van der Waals surface area contributed by atoms with Crippen molar-refractivity contribution in [3.63, 3.8) is 0 Å². The molecule has 0 aliphatic carbocycles. The molecule has 13 heavy (non-hydrogen) atoms. The van der Waals surface area contributed by atoms with Crippen molar-refractivity contribution in [3.05, 3.63) is 12.2 Å². The Bertz CT molecular complexity index is 188. The van der Waals surface area contributed by atoms with Crippen LogP contribution in [0.1, 0.15) is 47.0 Å². The van der Waals surface area contributed by atoms with Crippen LogP contribution >= 0.6 is 0 Å². The summed E-state index contributed by atoms with van der Waals surface area (Å²) < 4.78 is 0. The van der Waals surface area contributed by atoms with E-state index < -0.39 is 0 Å². The molecule has 1 rings (SSSR count). The van der Waals surface area contributed by atoms with Gasteiger partial charge in [-0.15, -0.1) is 0 Å². The molecule has 0 bridgehead atoms. The van der Waals surface area contributed by atoms with E-state index in [1.165, 1.54) is 31.4 Å². The minimum Gasteiger partial charge on any atom is -0.292 e. The van der Waals surface area contributed by atoms with Gasteiger partial charge < -0.3 is 0 Å². The third-order valence-electron chi connectivity index (χ3n) is 2.93. The molecule has 0 aromatic rings. The number of rotatable bonds is 1. The third-order valence-corrected chi connectivity index (χ3v) is 2.93. The minimum atomic E-state index is 0.296. The summed E-state index contributed by atoms with van der Waals surface area (Å²) in [5, 5.41) is 0. The molecule has 1 fully saturated rings. The van der Waals surface area contributed by atoms with E-state index in [0.29, 0.717) is 11.6 Å². The van der Waals surface area contributed by atoms with Crippen LogP contribution < -0.4 is 0 Å². The monoisotopic (exact) mass is 181 g/mol. The van der Waals surface area contributed by atoms with E-state index in [0.717, 1.165) is 0 Å². The first-order chi connectivity index (χ1) is 5.93. The highest BCUT2D eigenvalue weighted by Crippen LogP contribution is 2.28. The van der Waals surface area contributed by atoms with Gasteiger partial charge in [0.25, 0.3) is 0 Å². The van der Waals surface area contributed by atoms with Crippen molar-refractivity contribution in [3.8, 4) is 0 Å². The molecule has 1 atom stereocenters. The summed E-state index contributed by atoms with van der Waals surface area (Å²) in [7, 11) is 0. The second kappa shape index (κ2) is 3.83. The van der Waals surface area contributed by atoms with Crippen LogP contribution in [0.3, 0.4) is 0 Å². The van der Waals surface area contributed by atoms with Crippen LogP contribution in [0.15, 0.2) is 12.2 Å². The van der Waals surface area contributed by atoms with E-state index in [1.54, 1.807) is 0 Å². The van der Waals surface area contributed by atoms with Crippen LogP contribution in [0.4, 0.5) is 0 Å². The highest BCUT2D eigenvalue weighted by Gasteiger charge is 2.30. The van der Waals surface area contributed by atoms with Crippen molar-refractivity contribution in [2.45, 2.75) is 58.5 Å². The van der Waals surface area contributed by atoms with E-state index in [-0.39, 0.29) is 0 Å². The van der Waals surface area contributed by atoms with Crippen molar-refractivity contribution in [2.24, 2.45) is 0 Å². The predicted octanol–water partition coefficient (Wildman–Crippen LogP) is 3.22. The molecule has 0 saturated carbocycles. The molecule has 0 aromatic carbocycles. The quantitative estimate of drug-likeness (QED) is 0.561. The van der Waals surface area contributed by atoms with Crippen LogP contribution in [0.5, 0.6) is 0 Å². The van der Waals surface area contributed by atoms with Gasteiger partial charge in [-0.05, 0) is 47.1 Å². The average Bonchev–Trinajstić information content (AvgIpc) is 2.03. The molecule has 1 aliphatic rings. The molecule has 76 valence electrons. The Kier molecular flexibility index (Phi) is 3.18. The van der Waals surface area contributed by atoms with Gasteiger partial charge in [-0.3, -0.25) is 4.90 Å². The molecule has 1 aliphatic heterocycles. The van der Waals surface area contributed by atoms with E-state index in [4.69, 9.17) is 0 Å². The first-order valence-corrected chi connectivity index (χ1v) is 5.35. The van der Waals surface area contributed by atoms with E-state index in [2.05, 4.69) is 39.2 Å². The Labute approximate surface area is 82.8 Å². The average molecular weight is 181 g/mol. The standard InChI is InChI=1S/C12H23N/c1-10(2)11-8-6-7-9-13(11)12(3,4)5/h11H,1,6-9H2,2-5H3/t11-/m0/s1. The smallest absolute Gasteiger partial charge is 0.0307 e. The number of likely N-dealkylation sites (tertiary alicyclic amines) is 1. The maximum absolute atomic E-state index is 4.10. The highest BCUT2D eigenvalue weighted by molar-refractivity contribution is 5.06. The summed E-state index contributed by atoms with van der Waals surface area (Å²) in [6.45, 7) is 14.4. The number of hydrogen-bond donors (Lipinski definition) is 0. The SMILES string of the molecule is C=C(C)[C@@H]1CCCCN1C(C)(C)C. The fourth-order valence-corrected chi connectivity index (χ4v) is 2.25. The van der Waals surface area contributed by atoms with Crippen LogP contribution in [-0.4, -0.2) is 23.0 Å². The Hall–Kier alpha value is -0.300. The summed E-state index contributed by atoms with van der Waals surface area (Å²) >= 11 is 0. The lowest BCUT2D eigenvalue weighted by Gasteiger charge is -2.45. The topological polar surface area (TPSA) is 3.24 Å². The molecule has 0 aromatic heterocycles. The lowest BCUT2D eigenvalue weighted by atomic mass is 9.91. The molecular weight excluding hydrogens is 158 g/mol. The van der Waals surface area contributed by atoms with Gasteiger partial charge in [0.1, 0.15) is 0 Å². The summed E-state index contributed by atoms with van der Waals surface area (Å²) in [6.07, 6.45) is 4.01. The molecule has 0 radical (unpaired) electrons. The van der Waals surface area contributed by atoms with Gasteiger partial charge in [0.2, 0.25) is 0 Å². The Morgan fingerprint density at radius 2 is 1.92 bits per heavy atom. The third kappa shape index (κ3) is 2.57. The van der Waals surface area contributed by atoms with E-state index >= 15 is 0 Å². The molecule has 0 N–H and O–H groups in total. The largest absolute Gasteiger partial charge is 0.292 e. The Morgan fingerprint density at radius 1 is 1.31 bits per heavy atom. The second-order valence-corrected chi connectivity index (χ2v) is 5.22. The zero-order valence-electron chi connectivity index (χ0n) is 9.56. The fraction of sp³-hybridized carbons (Fsp3) is 0.833. The van der Waals surface area contributed by atoms with Crippen LogP contribution in [0.25, 0.3) is 0 Å². The van der Waals surface area contributed by atoms with Crippen molar-refractivity contribution in [1.82, 2.24) is 4.90 Å². The Morgan fingerprint density at radius 3 is 2.31 bits per heavy atom. The van der Waals surface area contributed by atoms with Gasteiger partial charge in [-0.1, -0.05) is 18.6 Å². The molecule has 1 heteroatoms. The zero-order chi connectivity index (χ0) is 10.1. The molecule has 0 amide bonds. The highest BCUT2D eigenvalue weighted by atomic mass is 15.2. The van der Waals surface area contributed by atoms with Crippen LogP contribution in [0.2, 0.25) is 0 Å². The van der Waals surface area contributed by atoms with Crippen molar-refractivity contribution in [2.75, 3.05) is 6.54 Å². The maximum atomic E-state index is 4.10. The van der Waals surface area contributed by atoms with Crippen molar-refractivity contribution in [1.29, 1.82) is 0 Å². The van der Waals surface area contributed by atoms with Gasteiger partial charge in [-0.25, -0.2) is 0 Å². The van der Waals surface area contributed by atoms with Crippen molar-refractivity contribution < 1.29 is 0 Å².